The van der Waals surface area contributed by atoms with E-state index >= 15 is 0 Å². The summed E-state index contributed by atoms with van der Waals surface area (Å²) in [5.74, 6) is 0. The molecule has 0 amide bonds. The Morgan fingerprint density at radius 2 is 1.29 bits per heavy atom. The zero-order valence-electron chi connectivity index (χ0n) is 7.07. The first-order valence-electron chi connectivity index (χ1n) is 3.16. The van der Waals surface area contributed by atoms with E-state index < -0.39 is 32.5 Å². The maximum Gasteiger partial charge on any atom is 0.439 e. The van der Waals surface area contributed by atoms with Gasteiger partial charge in [-0.3, -0.25) is 0 Å². The van der Waals surface area contributed by atoms with Crippen molar-refractivity contribution in [3.05, 3.63) is 0 Å². The van der Waals surface area contributed by atoms with Crippen LogP contribution in [0.25, 0.3) is 0 Å². The van der Waals surface area contributed by atoms with Crippen molar-refractivity contribution in [2.75, 3.05) is 0 Å². The molecule has 13 heteroatoms. The molecule has 0 aliphatic rings. The topological polar surface area (TPSA) is 46.5 Å². The highest BCUT2D eigenvalue weighted by Crippen LogP contribution is 2.48. The van der Waals surface area contributed by atoms with E-state index in [2.05, 4.69) is 0 Å². The minimum absolute atomic E-state index is 0.320. The van der Waals surface area contributed by atoms with Crippen molar-refractivity contribution in [3.8, 4) is 0 Å². The third-order valence-electron chi connectivity index (χ3n) is 1.14. The van der Waals surface area contributed by atoms with E-state index in [1.807, 2.05) is 4.74 Å². The van der Waals surface area contributed by atoms with Gasteiger partial charge in [0.05, 0.1) is 0 Å². The maximum absolute atomic E-state index is 12.3. The first-order valence-corrected chi connectivity index (χ1v) is 5.35. The van der Waals surface area contributed by atoms with E-state index in [1.165, 1.54) is 0 Å². The smallest absolute Gasteiger partial charge is 0.301 e. The third kappa shape index (κ3) is 3.60. The lowest BCUT2D eigenvalue weighted by Gasteiger charge is -2.29. The van der Waals surface area contributed by atoms with Crippen molar-refractivity contribution < 1.29 is 48.6 Å². The molecule has 0 aromatic rings. The van der Waals surface area contributed by atoms with E-state index in [4.69, 9.17) is 4.55 Å². The molecule has 0 radical (unpaired) electrons. The van der Waals surface area contributed by atoms with Crippen LogP contribution in [-0.4, -0.2) is 30.2 Å². The van der Waals surface area contributed by atoms with E-state index in [-0.39, 0.29) is 22.6 Å². The lowest BCUT2D eigenvalue weighted by atomic mass is 10.6. The molecule has 0 saturated heterocycles. The predicted molar refractivity (Wildman–Crippen MR) is 45.7 cm³/mol. The Kier molecular flexibility index (Phi) is 4.80. The molecule has 1 N–H and O–H groups in total. The van der Waals surface area contributed by atoms with Gasteiger partial charge in [0.25, 0.3) is 0 Å². The fourth-order valence-electron chi connectivity index (χ4n) is 0.380. The maximum atomic E-state index is 12.3. The van der Waals surface area contributed by atoms with Crippen LogP contribution in [0.1, 0.15) is 0 Å². The van der Waals surface area contributed by atoms with Crippen LogP contribution in [0.15, 0.2) is 0 Å². The molecule has 0 aliphatic heterocycles. The van der Waals surface area contributed by atoms with Crippen molar-refractivity contribution in [3.63, 3.8) is 0 Å². The quantitative estimate of drug-likeness (QED) is 0.330. The largest absolute Gasteiger partial charge is 0.439 e. The molecule has 0 aromatic heterocycles. The lowest BCUT2D eigenvalue weighted by Crippen LogP contribution is -2.53. The molecule has 0 aliphatic carbocycles. The first kappa shape index (κ1) is 17.2. The number of hydrogen-bond donors (Lipinski definition) is 1. The van der Waals surface area contributed by atoms with Crippen LogP contribution in [-0.2, 0) is 15.8 Å². The van der Waals surface area contributed by atoms with Crippen molar-refractivity contribution in [1.82, 2.24) is 0 Å². The second-order valence-electron chi connectivity index (χ2n) is 2.40. The zero-order valence-corrected chi connectivity index (χ0v) is 10.0. The minimum atomic E-state index is -6.26. The molecule has 0 spiro atoms. The van der Waals surface area contributed by atoms with Gasteiger partial charge in [-0.15, -0.1) is 0 Å². The highest BCUT2D eigenvalue weighted by Gasteiger charge is 2.71. The average molecular weight is 408 g/mol. The van der Waals surface area contributed by atoms with Crippen molar-refractivity contribution in [2.24, 2.45) is 0 Å². The number of halogens is 9. The van der Waals surface area contributed by atoms with E-state index in [9.17, 15) is 39.3 Å². The molecular weight excluding hydrogens is 407 g/mol. The number of hydrogen-bond acceptors (Lipinski definition) is 2. The van der Waals surface area contributed by atoms with Crippen LogP contribution in [0.5, 0.6) is 0 Å². The second-order valence-corrected chi connectivity index (χ2v) is 4.77. The Morgan fingerprint density at radius 3 is 1.53 bits per heavy atom. The van der Waals surface area contributed by atoms with Crippen molar-refractivity contribution >= 4 is 33.7 Å². The van der Waals surface area contributed by atoms with E-state index in [0.717, 1.165) is 0 Å². The van der Waals surface area contributed by atoms with Gasteiger partial charge in [-0.2, -0.15) is 35.1 Å². The van der Waals surface area contributed by atoms with E-state index in [0.29, 0.717) is 0 Å². The van der Waals surface area contributed by atoms with Gasteiger partial charge in [0.1, 0.15) is 0 Å². The van der Waals surface area contributed by atoms with Gasteiger partial charge in [-0.05, 0) is 0 Å². The van der Waals surface area contributed by atoms with Crippen LogP contribution in [0.2, 0.25) is 0 Å². The molecule has 17 heavy (non-hydrogen) atoms. The Hall–Kier alpha value is 0.240. The molecule has 0 heterocycles. The standard InChI is InChI=1S/C4HF8IO3S/c5-1(6,13)2(7,8)16-3(9,10)4(11,12)17(14)15/h(H,14,15). The highest BCUT2D eigenvalue weighted by molar-refractivity contribution is 14.1. The van der Waals surface area contributed by atoms with Gasteiger partial charge < -0.3 is 4.55 Å². The normalized spacial score (nSPS) is 17.1. The average Bonchev–Trinajstić information content (AvgIpc) is 1.98. The number of rotatable bonds is 5. The molecule has 1 unspecified atom stereocenters. The fraction of sp³-hybridized carbons (Fsp3) is 1.00. The highest BCUT2D eigenvalue weighted by atomic mass is 127. The van der Waals surface area contributed by atoms with Gasteiger partial charge >= 0.3 is 21.4 Å². The molecule has 0 bridgehead atoms. The summed E-state index contributed by atoms with van der Waals surface area (Å²) in [6.45, 7) is 0. The van der Waals surface area contributed by atoms with Gasteiger partial charge in [0, 0.05) is 22.6 Å². The molecule has 0 rings (SSSR count). The lowest BCUT2D eigenvalue weighted by molar-refractivity contribution is -0.438. The number of ether oxygens (including phenoxy) is 1. The van der Waals surface area contributed by atoms with Crippen LogP contribution < -0.4 is 0 Å². The Morgan fingerprint density at radius 1 is 0.941 bits per heavy atom. The van der Waals surface area contributed by atoms with Crippen LogP contribution in [0, 0.1) is 0 Å². The van der Waals surface area contributed by atoms with Gasteiger partial charge in [0.2, 0.25) is 11.1 Å². The first-order chi connectivity index (χ1) is 7.15. The summed E-state index contributed by atoms with van der Waals surface area (Å²) in [4.78, 5) is 0. The van der Waals surface area contributed by atoms with Gasteiger partial charge in [0.15, 0.2) is 0 Å². The molecule has 0 saturated carbocycles. The third-order valence-corrected chi connectivity index (χ3v) is 2.45. The summed E-state index contributed by atoms with van der Waals surface area (Å²) in [5.41, 5.74) is 0. The van der Waals surface area contributed by atoms with Gasteiger partial charge in [-0.25, -0.2) is 8.95 Å². The summed E-state index contributed by atoms with van der Waals surface area (Å²) in [7, 11) is 0. The van der Waals surface area contributed by atoms with Crippen LogP contribution >= 0.6 is 22.6 Å². The molecule has 0 fully saturated rings. The summed E-state index contributed by atoms with van der Waals surface area (Å²) >= 11 is -4.92. The second kappa shape index (κ2) is 4.73. The number of alkyl halides is 9. The Labute approximate surface area is 104 Å². The summed E-state index contributed by atoms with van der Waals surface area (Å²) < 4.78 is 112. The van der Waals surface area contributed by atoms with Crippen LogP contribution in [0.3, 0.4) is 0 Å². The van der Waals surface area contributed by atoms with E-state index in [1.54, 1.807) is 0 Å². The van der Waals surface area contributed by atoms with Crippen LogP contribution in [0.4, 0.5) is 35.1 Å². The fourth-order valence-corrected chi connectivity index (χ4v) is 0.735. The summed E-state index contributed by atoms with van der Waals surface area (Å²) in [6, 6.07) is 0. The zero-order chi connectivity index (χ0) is 14.3. The van der Waals surface area contributed by atoms with Crippen molar-refractivity contribution in [2.45, 2.75) is 21.4 Å². The molecular formula is C4HF8IO3S. The minimum Gasteiger partial charge on any atom is -0.301 e. The van der Waals surface area contributed by atoms with Crippen molar-refractivity contribution in [1.29, 1.82) is 0 Å². The monoisotopic (exact) mass is 408 g/mol. The Balaban J connectivity index is 5.20. The Bertz CT molecular complexity index is 314. The summed E-state index contributed by atoms with van der Waals surface area (Å²) in [5, 5.41) is -5.97. The predicted octanol–water partition coefficient (Wildman–Crippen LogP) is 3.03. The molecule has 1 atom stereocenters. The molecule has 104 valence electrons. The summed E-state index contributed by atoms with van der Waals surface area (Å²) in [6.07, 6.45) is -12.2. The SMILES string of the molecule is O=S(O)C(F)(F)C(F)(F)OC(F)(F)C(F)(F)I. The molecule has 0 aromatic carbocycles. The molecule has 3 nitrogen and oxygen atoms in total. The van der Waals surface area contributed by atoms with Gasteiger partial charge in [-0.1, -0.05) is 0 Å².